The van der Waals surface area contributed by atoms with Crippen molar-refractivity contribution >= 4 is 5.82 Å². The van der Waals surface area contributed by atoms with E-state index in [0.29, 0.717) is 24.1 Å². The SMILES string of the molecule is COCc1nc(N)cc(-n2cccn2)n1. The fraction of sp³-hybridized carbons (Fsp3) is 0.222. The molecule has 0 unspecified atom stereocenters. The smallest absolute Gasteiger partial charge is 0.159 e. The number of nitrogen functional groups attached to an aromatic ring is 1. The van der Waals surface area contributed by atoms with Crippen molar-refractivity contribution in [2.75, 3.05) is 12.8 Å². The van der Waals surface area contributed by atoms with Gasteiger partial charge in [-0.05, 0) is 6.07 Å². The Morgan fingerprint density at radius 1 is 1.47 bits per heavy atom. The van der Waals surface area contributed by atoms with Gasteiger partial charge in [-0.2, -0.15) is 5.10 Å². The minimum Gasteiger partial charge on any atom is -0.384 e. The highest BCUT2D eigenvalue weighted by molar-refractivity contribution is 5.36. The lowest BCUT2D eigenvalue weighted by Crippen LogP contribution is -2.06. The molecule has 0 saturated heterocycles. The predicted octanol–water partition coefficient (Wildman–Crippen LogP) is 0.391. The van der Waals surface area contributed by atoms with Crippen LogP contribution in [0, 0.1) is 0 Å². The van der Waals surface area contributed by atoms with Crippen LogP contribution in [0.1, 0.15) is 5.82 Å². The monoisotopic (exact) mass is 205 g/mol. The van der Waals surface area contributed by atoms with Gasteiger partial charge in [0.15, 0.2) is 11.6 Å². The Kier molecular flexibility index (Phi) is 2.59. The van der Waals surface area contributed by atoms with Crippen molar-refractivity contribution < 1.29 is 4.74 Å². The molecule has 0 aliphatic rings. The standard InChI is InChI=1S/C9H11N5O/c1-15-6-8-12-7(10)5-9(13-8)14-4-2-3-11-14/h2-5H,6H2,1H3,(H2,10,12,13). The molecule has 2 N–H and O–H groups in total. The summed E-state index contributed by atoms with van der Waals surface area (Å²) in [4.78, 5) is 8.28. The second-order valence-corrected chi connectivity index (χ2v) is 2.95. The molecule has 0 aliphatic heterocycles. The third-order valence-corrected chi connectivity index (χ3v) is 1.79. The zero-order valence-electron chi connectivity index (χ0n) is 8.29. The number of nitrogens with zero attached hydrogens (tertiary/aromatic N) is 4. The number of hydrogen-bond donors (Lipinski definition) is 1. The Labute approximate surface area is 86.7 Å². The van der Waals surface area contributed by atoms with Crippen molar-refractivity contribution in [2.24, 2.45) is 0 Å². The molecule has 0 amide bonds. The molecular weight excluding hydrogens is 194 g/mol. The maximum atomic E-state index is 5.65. The number of rotatable bonds is 3. The van der Waals surface area contributed by atoms with Gasteiger partial charge in [0.1, 0.15) is 12.4 Å². The summed E-state index contributed by atoms with van der Waals surface area (Å²) >= 11 is 0. The Bertz CT molecular complexity index is 440. The topological polar surface area (TPSA) is 78.9 Å². The molecule has 0 bridgehead atoms. The van der Waals surface area contributed by atoms with Crippen molar-refractivity contribution in [3.8, 4) is 5.82 Å². The number of nitrogens with two attached hydrogens (primary N) is 1. The summed E-state index contributed by atoms with van der Waals surface area (Å²) in [5.41, 5.74) is 5.65. The number of anilines is 1. The van der Waals surface area contributed by atoms with Gasteiger partial charge >= 0.3 is 0 Å². The van der Waals surface area contributed by atoms with Gasteiger partial charge in [-0.1, -0.05) is 0 Å². The maximum absolute atomic E-state index is 5.65. The van der Waals surface area contributed by atoms with Crippen LogP contribution in [-0.4, -0.2) is 26.9 Å². The van der Waals surface area contributed by atoms with Crippen LogP contribution in [0.25, 0.3) is 5.82 Å². The van der Waals surface area contributed by atoms with Crippen LogP contribution < -0.4 is 5.73 Å². The molecule has 2 aromatic rings. The van der Waals surface area contributed by atoms with Gasteiger partial charge in [-0.15, -0.1) is 0 Å². The third-order valence-electron chi connectivity index (χ3n) is 1.79. The summed E-state index contributed by atoms with van der Waals surface area (Å²) < 4.78 is 6.57. The number of ether oxygens (including phenoxy) is 1. The van der Waals surface area contributed by atoms with E-state index in [4.69, 9.17) is 10.5 Å². The Hall–Kier alpha value is -1.95. The largest absolute Gasteiger partial charge is 0.384 e. The molecule has 6 heteroatoms. The lowest BCUT2D eigenvalue weighted by atomic mass is 10.5. The second kappa shape index (κ2) is 4.05. The summed E-state index contributed by atoms with van der Waals surface area (Å²) in [5.74, 6) is 1.59. The predicted molar refractivity (Wildman–Crippen MR) is 54.3 cm³/mol. The van der Waals surface area contributed by atoms with Crippen molar-refractivity contribution in [1.29, 1.82) is 0 Å². The van der Waals surface area contributed by atoms with E-state index < -0.39 is 0 Å². The highest BCUT2D eigenvalue weighted by Gasteiger charge is 2.04. The normalized spacial score (nSPS) is 10.5. The van der Waals surface area contributed by atoms with E-state index in [2.05, 4.69) is 15.1 Å². The molecule has 0 aliphatic carbocycles. The van der Waals surface area contributed by atoms with Crippen LogP contribution in [-0.2, 0) is 11.3 Å². The maximum Gasteiger partial charge on any atom is 0.159 e. The second-order valence-electron chi connectivity index (χ2n) is 2.95. The van der Waals surface area contributed by atoms with Crippen LogP contribution in [0.4, 0.5) is 5.82 Å². The molecule has 6 nitrogen and oxygen atoms in total. The first-order valence-corrected chi connectivity index (χ1v) is 4.42. The average Bonchev–Trinajstić information content (AvgIpc) is 2.70. The Morgan fingerprint density at radius 3 is 3.00 bits per heavy atom. The molecule has 2 heterocycles. The molecule has 2 rings (SSSR count). The molecule has 2 aromatic heterocycles. The molecule has 0 radical (unpaired) electrons. The van der Waals surface area contributed by atoms with Gasteiger partial charge in [-0.25, -0.2) is 14.6 Å². The van der Waals surface area contributed by atoms with E-state index in [9.17, 15) is 0 Å². The van der Waals surface area contributed by atoms with Crippen LogP contribution >= 0.6 is 0 Å². The first-order chi connectivity index (χ1) is 7.29. The summed E-state index contributed by atoms with van der Waals surface area (Å²) in [5, 5.41) is 4.06. The Balaban J connectivity index is 2.40. The van der Waals surface area contributed by atoms with Gasteiger partial charge in [0.05, 0.1) is 0 Å². The van der Waals surface area contributed by atoms with Crippen molar-refractivity contribution in [3.05, 3.63) is 30.4 Å². The molecule has 0 atom stereocenters. The summed E-state index contributed by atoms with van der Waals surface area (Å²) in [7, 11) is 1.58. The molecule has 0 aromatic carbocycles. The summed E-state index contributed by atoms with van der Waals surface area (Å²) in [6.07, 6.45) is 3.46. The van der Waals surface area contributed by atoms with Crippen LogP contribution in [0.3, 0.4) is 0 Å². The van der Waals surface area contributed by atoms with Gasteiger partial charge in [0.25, 0.3) is 0 Å². The van der Waals surface area contributed by atoms with E-state index in [1.54, 1.807) is 30.3 Å². The lowest BCUT2D eigenvalue weighted by molar-refractivity contribution is 0.178. The van der Waals surface area contributed by atoms with Gasteiger partial charge in [-0.3, -0.25) is 0 Å². The highest BCUT2D eigenvalue weighted by Crippen LogP contribution is 2.07. The molecule has 15 heavy (non-hydrogen) atoms. The number of methoxy groups -OCH3 is 1. The van der Waals surface area contributed by atoms with Gasteiger partial charge < -0.3 is 10.5 Å². The molecule has 0 saturated carbocycles. The van der Waals surface area contributed by atoms with E-state index in [0.717, 1.165) is 0 Å². The van der Waals surface area contributed by atoms with E-state index in [1.807, 2.05) is 6.07 Å². The zero-order chi connectivity index (χ0) is 10.7. The van der Waals surface area contributed by atoms with Crippen LogP contribution in [0.5, 0.6) is 0 Å². The molecular formula is C9H11N5O. The molecule has 78 valence electrons. The van der Waals surface area contributed by atoms with Crippen molar-refractivity contribution in [1.82, 2.24) is 19.7 Å². The van der Waals surface area contributed by atoms with Crippen molar-refractivity contribution in [2.45, 2.75) is 6.61 Å². The zero-order valence-corrected chi connectivity index (χ0v) is 8.29. The van der Waals surface area contributed by atoms with E-state index in [1.165, 1.54) is 0 Å². The van der Waals surface area contributed by atoms with Gasteiger partial charge in [0, 0.05) is 25.6 Å². The minimum atomic E-state index is 0.333. The summed E-state index contributed by atoms with van der Waals surface area (Å²) in [6, 6.07) is 3.47. The van der Waals surface area contributed by atoms with Crippen molar-refractivity contribution in [3.63, 3.8) is 0 Å². The minimum absolute atomic E-state index is 0.333. The fourth-order valence-electron chi connectivity index (χ4n) is 1.22. The first-order valence-electron chi connectivity index (χ1n) is 4.42. The van der Waals surface area contributed by atoms with Crippen LogP contribution in [0.15, 0.2) is 24.5 Å². The van der Waals surface area contributed by atoms with Gasteiger partial charge in [0.2, 0.25) is 0 Å². The average molecular weight is 205 g/mol. The van der Waals surface area contributed by atoms with Crippen LogP contribution in [0.2, 0.25) is 0 Å². The Morgan fingerprint density at radius 2 is 2.33 bits per heavy atom. The number of aromatic nitrogens is 4. The lowest BCUT2D eigenvalue weighted by Gasteiger charge is -2.04. The summed E-state index contributed by atoms with van der Waals surface area (Å²) in [6.45, 7) is 0.333. The highest BCUT2D eigenvalue weighted by atomic mass is 16.5. The van der Waals surface area contributed by atoms with E-state index in [-0.39, 0.29) is 0 Å². The first kappa shape index (κ1) is 9.60. The molecule has 0 fully saturated rings. The fourth-order valence-corrected chi connectivity index (χ4v) is 1.22. The molecule has 0 spiro atoms. The van der Waals surface area contributed by atoms with E-state index >= 15 is 0 Å². The quantitative estimate of drug-likeness (QED) is 0.784. The third kappa shape index (κ3) is 2.10. The number of hydrogen-bond acceptors (Lipinski definition) is 5.